The number of H-pyrrole nitrogens is 1. The van der Waals surface area contributed by atoms with E-state index in [9.17, 15) is 14.4 Å². The predicted octanol–water partition coefficient (Wildman–Crippen LogP) is 5.73. The minimum Gasteiger partial charge on any atom is -0.345 e. The molecule has 0 saturated carbocycles. The van der Waals surface area contributed by atoms with E-state index in [-0.39, 0.29) is 30.1 Å². The molecule has 0 saturated heterocycles. The summed E-state index contributed by atoms with van der Waals surface area (Å²) < 4.78 is 1.88. The van der Waals surface area contributed by atoms with Crippen LogP contribution in [0.4, 0.5) is 5.69 Å². The van der Waals surface area contributed by atoms with Gasteiger partial charge < -0.3 is 15.6 Å². The van der Waals surface area contributed by atoms with E-state index in [4.69, 9.17) is 10.4 Å². The number of carbonyl (C=O) groups is 2. The molecule has 2 aromatic heterocycles. The fourth-order valence-electron chi connectivity index (χ4n) is 6.30. The Bertz CT molecular complexity index is 2380. The van der Waals surface area contributed by atoms with Crippen LogP contribution in [0.3, 0.4) is 0 Å². The first-order chi connectivity index (χ1) is 25.4. The zero-order chi connectivity index (χ0) is 35.9. The summed E-state index contributed by atoms with van der Waals surface area (Å²) in [5.41, 5.74) is 3.69. The summed E-state index contributed by atoms with van der Waals surface area (Å²) in [7, 11) is 0. The van der Waals surface area contributed by atoms with Crippen LogP contribution in [-0.4, -0.2) is 36.5 Å². The quantitative estimate of drug-likeness (QED) is 0.147. The van der Waals surface area contributed by atoms with Crippen LogP contribution in [0.25, 0.3) is 10.9 Å². The van der Waals surface area contributed by atoms with Crippen LogP contribution in [0.1, 0.15) is 50.7 Å². The highest BCUT2D eigenvalue weighted by atomic mass is 16.2. The molecule has 0 aliphatic rings. The smallest absolute Gasteiger partial charge is 0.287 e. The maximum absolute atomic E-state index is 13.1. The molecule has 0 radical (unpaired) electrons. The van der Waals surface area contributed by atoms with Crippen LogP contribution in [0.5, 0.6) is 0 Å². The van der Waals surface area contributed by atoms with Gasteiger partial charge in [-0.2, -0.15) is 10.4 Å². The molecule has 52 heavy (non-hydrogen) atoms. The average molecular weight is 685 g/mol. The number of fused-ring (bicyclic) bond motifs is 1. The number of amides is 2. The van der Waals surface area contributed by atoms with Crippen molar-refractivity contribution in [1.82, 2.24) is 30.0 Å². The van der Waals surface area contributed by atoms with Crippen LogP contribution in [0, 0.1) is 11.3 Å². The van der Waals surface area contributed by atoms with Gasteiger partial charge in [0.15, 0.2) is 11.6 Å². The molecular weight excluding hydrogens is 653 g/mol. The summed E-state index contributed by atoms with van der Waals surface area (Å²) in [6.07, 6.45) is 2.19. The second-order valence-electron chi connectivity index (χ2n) is 12.1. The lowest BCUT2D eigenvalue weighted by molar-refractivity contribution is -0.116. The third kappa shape index (κ3) is 6.81. The van der Waals surface area contributed by atoms with E-state index in [1.807, 2.05) is 71.4 Å². The van der Waals surface area contributed by atoms with E-state index < -0.39 is 17.0 Å². The van der Waals surface area contributed by atoms with Crippen molar-refractivity contribution < 1.29 is 9.59 Å². The highest BCUT2D eigenvalue weighted by Gasteiger charge is 2.39. The molecule has 2 amide bonds. The predicted molar refractivity (Wildman–Crippen MR) is 196 cm³/mol. The summed E-state index contributed by atoms with van der Waals surface area (Å²) in [6.45, 7) is 0.130. The minimum atomic E-state index is -0.797. The summed E-state index contributed by atoms with van der Waals surface area (Å²) in [5, 5.41) is 19.9. The number of nitrogens with zero attached hydrogens (tertiary/aromatic N) is 5. The molecule has 11 heteroatoms. The summed E-state index contributed by atoms with van der Waals surface area (Å²) in [6, 6.07) is 44.1. The lowest BCUT2D eigenvalue weighted by atomic mass is 9.77. The Hall–Kier alpha value is -7.19. The molecule has 0 unspecified atom stereocenters. The Balaban J connectivity index is 1.03. The summed E-state index contributed by atoms with van der Waals surface area (Å²) in [4.78, 5) is 49.8. The van der Waals surface area contributed by atoms with Crippen LogP contribution in [0.15, 0.2) is 145 Å². The van der Waals surface area contributed by atoms with E-state index in [1.54, 1.807) is 24.5 Å². The number of hydrogen-bond acceptors (Lipinski definition) is 7. The van der Waals surface area contributed by atoms with E-state index >= 15 is 0 Å². The number of anilines is 1. The third-order valence-corrected chi connectivity index (χ3v) is 8.75. The number of nitriles is 1. The monoisotopic (exact) mass is 684 g/mol. The van der Waals surface area contributed by atoms with Crippen molar-refractivity contribution in [3.8, 4) is 6.07 Å². The van der Waals surface area contributed by atoms with Crippen molar-refractivity contribution in [2.75, 3.05) is 5.32 Å². The van der Waals surface area contributed by atoms with Crippen molar-refractivity contribution in [2.24, 2.45) is 0 Å². The van der Waals surface area contributed by atoms with E-state index in [0.717, 1.165) is 22.3 Å². The SMILES string of the molecule is N#Cc1ccc2nc(C(=O)NCc3cccc(NC(=O)CCc4ncn(C(c5ccccc5)(c5ccccc5)c5ccccc5)n4)c3)[nH]c(=O)c2c1. The van der Waals surface area contributed by atoms with Gasteiger partial charge in [0, 0.05) is 25.1 Å². The molecule has 0 aliphatic heterocycles. The lowest BCUT2D eigenvalue weighted by Gasteiger charge is -2.35. The number of benzene rings is 5. The van der Waals surface area contributed by atoms with Crippen molar-refractivity contribution in [1.29, 1.82) is 5.26 Å². The Morgan fingerprint density at radius 1 is 0.808 bits per heavy atom. The van der Waals surface area contributed by atoms with Gasteiger partial charge in [-0.25, -0.2) is 14.6 Å². The normalized spacial score (nSPS) is 11.1. The van der Waals surface area contributed by atoms with E-state index in [1.165, 1.54) is 18.2 Å². The number of aromatic nitrogens is 5. The number of carbonyl (C=O) groups excluding carboxylic acids is 2. The number of nitrogens with one attached hydrogen (secondary N) is 3. The van der Waals surface area contributed by atoms with Crippen molar-refractivity contribution in [3.05, 3.63) is 190 Å². The van der Waals surface area contributed by atoms with Gasteiger partial charge in [0.05, 0.1) is 22.5 Å². The highest BCUT2D eigenvalue weighted by molar-refractivity contribution is 5.93. The molecule has 5 aromatic carbocycles. The Morgan fingerprint density at radius 2 is 1.46 bits per heavy atom. The third-order valence-electron chi connectivity index (χ3n) is 8.75. The van der Waals surface area contributed by atoms with E-state index in [2.05, 4.69) is 62.0 Å². The molecule has 0 aliphatic carbocycles. The van der Waals surface area contributed by atoms with Gasteiger partial charge in [-0.15, -0.1) is 0 Å². The largest absolute Gasteiger partial charge is 0.345 e. The maximum atomic E-state index is 13.1. The molecular formula is C41H32N8O3. The molecule has 7 aromatic rings. The zero-order valence-electron chi connectivity index (χ0n) is 27.9. The minimum absolute atomic E-state index is 0.130. The Morgan fingerprint density at radius 3 is 2.10 bits per heavy atom. The molecule has 7 rings (SSSR count). The van der Waals surface area contributed by atoms with Crippen molar-refractivity contribution in [2.45, 2.75) is 24.9 Å². The Labute approximate surface area is 298 Å². The molecule has 11 nitrogen and oxygen atoms in total. The van der Waals surface area contributed by atoms with Gasteiger partial charge in [0.25, 0.3) is 11.5 Å². The number of hydrogen-bond donors (Lipinski definition) is 3. The molecule has 0 atom stereocenters. The summed E-state index contributed by atoms with van der Waals surface area (Å²) in [5.74, 6) is -0.392. The molecule has 0 fully saturated rings. The molecule has 3 N–H and O–H groups in total. The fourth-order valence-corrected chi connectivity index (χ4v) is 6.30. The maximum Gasteiger partial charge on any atom is 0.287 e. The molecule has 0 bridgehead atoms. The summed E-state index contributed by atoms with van der Waals surface area (Å²) >= 11 is 0. The first-order valence-corrected chi connectivity index (χ1v) is 16.6. The van der Waals surface area contributed by atoms with Gasteiger partial charge in [-0.1, -0.05) is 103 Å². The van der Waals surface area contributed by atoms with Crippen molar-refractivity contribution >= 4 is 28.4 Å². The van der Waals surface area contributed by atoms with Gasteiger partial charge in [-0.05, 0) is 52.6 Å². The first-order valence-electron chi connectivity index (χ1n) is 16.6. The van der Waals surface area contributed by atoms with Gasteiger partial charge >= 0.3 is 0 Å². The molecule has 0 spiro atoms. The van der Waals surface area contributed by atoms with Gasteiger partial charge in [-0.3, -0.25) is 14.4 Å². The second-order valence-corrected chi connectivity index (χ2v) is 12.1. The Kier molecular flexibility index (Phi) is 9.44. The number of aryl methyl sites for hydroxylation is 1. The van der Waals surface area contributed by atoms with Crippen LogP contribution in [0.2, 0.25) is 0 Å². The van der Waals surface area contributed by atoms with E-state index in [0.29, 0.717) is 29.0 Å². The fraction of sp³-hybridized carbons (Fsp3) is 0.0976. The highest BCUT2D eigenvalue weighted by Crippen LogP contribution is 2.40. The average Bonchev–Trinajstić information content (AvgIpc) is 3.67. The topological polar surface area (TPSA) is 158 Å². The van der Waals surface area contributed by atoms with Crippen LogP contribution < -0.4 is 16.2 Å². The number of rotatable bonds is 11. The standard InChI is InChI=1S/C41H32N8O3/c42-25-28-19-20-35-34(24-28)39(51)47-38(46-35)40(52)43-26-29-11-10-18-33(23-29)45-37(50)22-21-36-44-27-49(48-36)41(30-12-4-1-5-13-30,31-14-6-2-7-15-31)32-16-8-3-9-17-32/h1-20,23-24,27H,21-22,26H2,(H,43,52)(H,45,50)(H,46,47,51). The first kappa shape index (κ1) is 33.3. The zero-order valence-corrected chi connectivity index (χ0v) is 27.9. The van der Waals surface area contributed by atoms with Crippen LogP contribution >= 0.6 is 0 Å². The molecule has 254 valence electrons. The van der Waals surface area contributed by atoms with Gasteiger partial charge in [0.1, 0.15) is 11.9 Å². The van der Waals surface area contributed by atoms with Crippen LogP contribution in [-0.2, 0) is 23.3 Å². The van der Waals surface area contributed by atoms with Gasteiger partial charge in [0.2, 0.25) is 5.91 Å². The second kappa shape index (κ2) is 14.7. The lowest BCUT2D eigenvalue weighted by Crippen LogP contribution is -2.38. The van der Waals surface area contributed by atoms with Crippen molar-refractivity contribution in [3.63, 3.8) is 0 Å². The molecule has 2 heterocycles. The number of aromatic amines is 1.